The molecule has 0 aliphatic carbocycles. The van der Waals surface area contributed by atoms with Crippen LogP contribution in [0.2, 0.25) is 0 Å². The highest BCUT2D eigenvalue weighted by Gasteiger charge is 2.09. The largest absolute Gasteiger partial charge is 0.384 e. The first-order chi connectivity index (χ1) is 10.2. The van der Waals surface area contributed by atoms with Gasteiger partial charge in [-0.2, -0.15) is 0 Å². The first kappa shape index (κ1) is 15.8. The molecule has 108 valence electrons. The molecule has 1 aromatic carbocycles. The Hall–Kier alpha value is -1.61. The summed E-state index contributed by atoms with van der Waals surface area (Å²) in [6.07, 6.45) is 0.798. The predicted molar refractivity (Wildman–Crippen MR) is 88.5 cm³/mol. The molecule has 0 bridgehead atoms. The molecule has 0 aliphatic rings. The van der Waals surface area contributed by atoms with Crippen LogP contribution >= 0.6 is 27.3 Å². The fourth-order valence-corrected chi connectivity index (χ4v) is 3.29. The van der Waals surface area contributed by atoms with Crippen LogP contribution in [0.5, 0.6) is 0 Å². The van der Waals surface area contributed by atoms with Crippen molar-refractivity contribution in [3.63, 3.8) is 0 Å². The molecular weight excluding hydrogens is 350 g/mol. The molecule has 2 rings (SSSR count). The van der Waals surface area contributed by atoms with Crippen molar-refractivity contribution in [1.29, 1.82) is 0 Å². The van der Waals surface area contributed by atoms with Crippen molar-refractivity contribution in [2.24, 2.45) is 0 Å². The fraction of sp³-hybridized carbons (Fsp3) is 0.188. The second kappa shape index (κ2) is 7.99. The number of benzene rings is 1. The van der Waals surface area contributed by atoms with Gasteiger partial charge >= 0.3 is 0 Å². The Balaban J connectivity index is 1.97. The number of hydrogen-bond acceptors (Lipinski definition) is 3. The minimum atomic E-state index is -0.219. The maximum atomic E-state index is 12.2. The Kier molecular flexibility index (Phi) is 6.00. The molecule has 2 aromatic rings. The van der Waals surface area contributed by atoms with Crippen LogP contribution in [0.3, 0.4) is 0 Å². The third-order valence-electron chi connectivity index (χ3n) is 2.76. The van der Waals surface area contributed by atoms with Crippen LogP contribution in [-0.4, -0.2) is 24.2 Å². The van der Waals surface area contributed by atoms with Crippen LogP contribution in [0.1, 0.15) is 20.8 Å². The van der Waals surface area contributed by atoms with E-state index in [-0.39, 0.29) is 12.5 Å². The van der Waals surface area contributed by atoms with Gasteiger partial charge in [0.2, 0.25) is 0 Å². The molecular formula is C16H14BrNO2S. The average molecular weight is 364 g/mol. The standard InChI is InChI=1S/C16H14BrNO2S/c17-15-8-7-13(21-15)9-10-18-16(20)14-6-2-1-4-12(14)5-3-11-19/h1-2,4,6-8,19H,9-11H2,(H,18,20). The van der Waals surface area contributed by atoms with Gasteiger partial charge in [0.1, 0.15) is 6.61 Å². The van der Waals surface area contributed by atoms with Crippen LogP contribution < -0.4 is 5.32 Å². The van der Waals surface area contributed by atoms with Gasteiger partial charge in [-0.05, 0) is 46.6 Å². The fourth-order valence-electron chi connectivity index (χ4n) is 1.81. The quantitative estimate of drug-likeness (QED) is 0.820. The molecule has 0 radical (unpaired) electrons. The Morgan fingerprint density at radius 2 is 2.10 bits per heavy atom. The Morgan fingerprint density at radius 3 is 2.81 bits per heavy atom. The molecule has 3 nitrogen and oxygen atoms in total. The first-order valence-electron chi connectivity index (χ1n) is 6.42. The second-order valence-corrected chi connectivity index (χ2v) is 6.76. The van der Waals surface area contributed by atoms with E-state index in [0.717, 1.165) is 10.2 Å². The van der Waals surface area contributed by atoms with E-state index in [4.69, 9.17) is 5.11 Å². The Labute approximate surface area is 136 Å². The summed E-state index contributed by atoms with van der Waals surface area (Å²) in [4.78, 5) is 13.4. The van der Waals surface area contributed by atoms with Crippen LogP contribution in [0.25, 0.3) is 0 Å². The van der Waals surface area contributed by atoms with Crippen LogP contribution in [-0.2, 0) is 6.42 Å². The van der Waals surface area contributed by atoms with Crippen molar-refractivity contribution < 1.29 is 9.90 Å². The number of aliphatic hydroxyl groups is 1. The molecule has 1 heterocycles. The second-order valence-electron chi connectivity index (χ2n) is 4.22. The molecule has 0 unspecified atom stereocenters. The van der Waals surface area contributed by atoms with Gasteiger partial charge in [-0.15, -0.1) is 11.3 Å². The first-order valence-corrected chi connectivity index (χ1v) is 8.03. The van der Waals surface area contributed by atoms with Gasteiger partial charge in [0.05, 0.1) is 9.35 Å². The van der Waals surface area contributed by atoms with Gasteiger partial charge < -0.3 is 10.4 Å². The summed E-state index contributed by atoms with van der Waals surface area (Å²) < 4.78 is 1.09. The molecule has 2 N–H and O–H groups in total. The van der Waals surface area contributed by atoms with Crippen molar-refractivity contribution in [2.45, 2.75) is 6.42 Å². The van der Waals surface area contributed by atoms with Crippen molar-refractivity contribution in [3.8, 4) is 11.8 Å². The summed E-state index contributed by atoms with van der Waals surface area (Å²) in [5.74, 6) is 5.21. The molecule has 1 amide bonds. The van der Waals surface area contributed by atoms with Crippen molar-refractivity contribution in [2.75, 3.05) is 13.2 Å². The highest BCUT2D eigenvalue weighted by Crippen LogP contribution is 2.22. The molecule has 0 atom stereocenters. The lowest BCUT2D eigenvalue weighted by molar-refractivity contribution is 0.0954. The zero-order valence-electron chi connectivity index (χ0n) is 11.2. The molecule has 21 heavy (non-hydrogen) atoms. The Bertz CT molecular complexity index is 685. The van der Waals surface area contributed by atoms with E-state index in [1.54, 1.807) is 29.5 Å². The van der Waals surface area contributed by atoms with E-state index in [1.165, 1.54) is 4.88 Å². The molecule has 0 fully saturated rings. The summed E-state index contributed by atoms with van der Waals surface area (Å²) in [5.41, 5.74) is 1.16. The van der Waals surface area contributed by atoms with E-state index in [0.29, 0.717) is 17.7 Å². The van der Waals surface area contributed by atoms with Gasteiger partial charge in [0, 0.05) is 17.0 Å². The predicted octanol–water partition coefficient (Wildman–Crippen LogP) is 2.83. The number of rotatable bonds is 4. The SMILES string of the molecule is O=C(NCCc1ccc(Br)s1)c1ccccc1C#CCO. The molecule has 0 spiro atoms. The van der Waals surface area contributed by atoms with E-state index in [2.05, 4.69) is 33.1 Å². The number of hydrogen-bond donors (Lipinski definition) is 2. The Morgan fingerprint density at radius 1 is 1.29 bits per heavy atom. The third kappa shape index (κ3) is 4.71. The lowest BCUT2D eigenvalue weighted by Crippen LogP contribution is -2.26. The minimum absolute atomic E-state index is 0.145. The summed E-state index contributed by atoms with van der Waals surface area (Å²) in [6, 6.07) is 11.2. The summed E-state index contributed by atoms with van der Waals surface area (Å²) >= 11 is 5.08. The van der Waals surface area contributed by atoms with Gasteiger partial charge in [0.15, 0.2) is 0 Å². The number of thiophene rings is 1. The van der Waals surface area contributed by atoms with Crippen molar-refractivity contribution in [1.82, 2.24) is 5.32 Å². The molecule has 5 heteroatoms. The number of amides is 1. The molecule has 1 aromatic heterocycles. The normalized spacial score (nSPS) is 9.81. The average Bonchev–Trinajstić information content (AvgIpc) is 2.91. The van der Waals surface area contributed by atoms with Crippen LogP contribution in [0, 0.1) is 11.8 Å². The highest BCUT2D eigenvalue weighted by atomic mass is 79.9. The van der Waals surface area contributed by atoms with Gasteiger partial charge in [0.25, 0.3) is 5.91 Å². The monoisotopic (exact) mass is 363 g/mol. The zero-order valence-corrected chi connectivity index (χ0v) is 13.6. The number of aliphatic hydroxyl groups excluding tert-OH is 1. The lowest BCUT2D eigenvalue weighted by atomic mass is 10.1. The number of carbonyl (C=O) groups excluding carboxylic acids is 1. The summed E-state index contributed by atoms with van der Waals surface area (Å²) in [7, 11) is 0. The van der Waals surface area contributed by atoms with Gasteiger partial charge in [-0.3, -0.25) is 4.79 Å². The van der Waals surface area contributed by atoms with Crippen molar-refractivity contribution in [3.05, 3.63) is 56.2 Å². The molecule has 0 aliphatic heterocycles. The van der Waals surface area contributed by atoms with Gasteiger partial charge in [-0.25, -0.2) is 0 Å². The molecule has 0 saturated heterocycles. The zero-order chi connectivity index (χ0) is 15.1. The van der Waals surface area contributed by atoms with E-state index >= 15 is 0 Å². The maximum Gasteiger partial charge on any atom is 0.252 e. The lowest BCUT2D eigenvalue weighted by Gasteiger charge is -2.06. The third-order valence-corrected chi connectivity index (χ3v) is 4.44. The smallest absolute Gasteiger partial charge is 0.252 e. The van der Waals surface area contributed by atoms with E-state index in [9.17, 15) is 4.79 Å². The summed E-state index contributed by atoms with van der Waals surface area (Å²) in [6.45, 7) is 0.358. The van der Waals surface area contributed by atoms with E-state index < -0.39 is 0 Å². The van der Waals surface area contributed by atoms with Crippen molar-refractivity contribution >= 4 is 33.2 Å². The van der Waals surface area contributed by atoms with Crippen LogP contribution in [0.4, 0.5) is 0 Å². The number of carbonyl (C=O) groups is 1. The highest BCUT2D eigenvalue weighted by molar-refractivity contribution is 9.11. The molecule has 0 saturated carbocycles. The van der Waals surface area contributed by atoms with Crippen LogP contribution in [0.15, 0.2) is 40.2 Å². The maximum absolute atomic E-state index is 12.2. The topological polar surface area (TPSA) is 49.3 Å². The summed E-state index contributed by atoms with van der Waals surface area (Å²) in [5, 5.41) is 11.6. The van der Waals surface area contributed by atoms with E-state index in [1.807, 2.05) is 18.2 Å². The van der Waals surface area contributed by atoms with Gasteiger partial charge in [-0.1, -0.05) is 24.0 Å². The minimum Gasteiger partial charge on any atom is -0.384 e. The number of halogens is 1. The number of nitrogens with one attached hydrogen (secondary N) is 1.